The lowest BCUT2D eigenvalue weighted by Gasteiger charge is -2.29. The van der Waals surface area contributed by atoms with E-state index in [0.717, 1.165) is 34.8 Å². The van der Waals surface area contributed by atoms with E-state index in [-0.39, 0.29) is 6.54 Å². The minimum absolute atomic E-state index is 0.278. The molecular formula is C19H16F3N3. The fourth-order valence-electron chi connectivity index (χ4n) is 3.33. The molecule has 0 amide bonds. The number of alkyl halides is 3. The molecule has 3 aromatic rings. The van der Waals surface area contributed by atoms with E-state index in [1.165, 1.54) is 6.07 Å². The molecule has 2 aromatic heterocycles. The summed E-state index contributed by atoms with van der Waals surface area (Å²) >= 11 is 0. The number of pyridine rings is 2. The molecule has 25 heavy (non-hydrogen) atoms. The number of hydrogen-bond donors (Lipinski definition) is 0. The second kappa shape index (κ2) is 6.11. The first-order chi connectivity index (χ1) is 12.0. The molecule has 3 nitrogen and oxygen atoms in total. The lowest BCUT2D eigenvalue weighted by atomic mass is 10.0. The van der Waals surface area contributed by atoms with E-state index in [0.29, 0.717) is 18.7 Å². The van der Waals surface area contributed by atoms with E-state index in [1.54, 1.807) is 18.3 Å². The van der Waals surface area contributed by atoms with Gasteiger partial charge in [-0.2, -0.15) is 13.2 Å². The van der Waals surface area contributed by atoms with Crippen LogP contribution in [0.2, 0.25) is 0 Å². The molecule has 0 N–H and O–H groups in total. The summed E-state index contributed by atoms with van der Waals surface area (Å²) in [6.45, 7) is 1.56. The Labute approximate surface area is 143 Å². The summed E-state index contributed by atoms with van der Waals surface area (Å²) in [5.41, 5.74) is 2.54. The van der Waals surface area contributed by atoms with Crippen LogP contribution in [0.5, 0.6) is 0 Å². The van der Waals surface area contributed by atoms with Crippen molar-refractivity contribution in [2.45, 2.75) is 25.7 Å². The molecule has 0 unspecified atom stereocenters. The second-order valence-electron chi connectivity index (χ2n) is 6.26. The molecule has 0 saturated carbocycles. The van der Waals surface area contributed by atoms with E-state index >= 15 is 0 Å². The maximum atomic E-state index is 13.2. The van der Waals surface area contributed by atoms with Crippen molar-refractivity contribution in [2.24, 2.45) is 0 Å². The van der Waals surface area contributed by atoms with Crippen molar-refractivity contribution < 1.29 is 13.2 Å². The van der Waals surface area contributed by atoms with Gasteiger partial charge >= 0.3 is 6.18 Å². The molecule has 0 saturated heterocycles. The molecule has 1 aromatic carbocycles. The van der Waals surface area contributed by atoms with Crippen LogP contribution in [-0.4, -0.2) is 21.4 Å². The maximum absolute atomic E-state index is 13.2. The summed E-state index contributed by atoms with van der Waals surface area (Å²) in [6, 6.07) is 11.6. The van der Waals surface area contributed by atoms with E-state index in [4.69, 9.17) is 0 Å². The summed E-state index contributed by atoms with van der Waals surface area (Å²) < 4.78 is 39.5. The molecule has 0 radical (unpaired) electrons. The Kier molecular flexibility index (Phi) is 3.92. The highest BCUT2D eigenvalue weighted by molar-refractivity contribution is 5.75. The third-order valence-electron chi connectivity index (χ3n) is 4.53. The smallest absolute Gasteiger partial charge is 0.294 e. The van der Waals surface area contributed by atoms with Crippen molar-refractivity contribution in [3.63, 3.8) is 0 Å². The lowest BCUT2D eigenvalue weighted by molar-refractivity contribution is -0.138. The van der Waals surface area contributed by atoms with Gasteiger partial charge in [0.25, 0.3) is 0 Å². The Morgan fingerprint density at radius 3 is 2.76 bits per heavy atom. The quantitative estimate of drug-likeness (QED) is 0.698. The molecule has 1 aliphatic heterocycles. The summed E-state index contributed by atoms with van der Waals surface area (Å²) in [6.07, 6.45) is -1.89. The van der Waals surface area contributed by atoms with Gasteiger partial charge in [-0.25, -0.2) is 9.97 Å². The van der Waals surface area contributed by atoms with Gasteiger partial charge in [0.1, 0.15) is 0 Å². The number of aromatic nitrogens is 2. The third kappa shape index (κ3) is 3.22. The Bertz CT molecular complexity index is 921. The molecule has 0 bridgehead atoms. The van der Waals surface area contributed by atoms with Crippen molar-refractivity contribution in [1.29, 1.82) is 0 Å². The van der Waals surface area contributed by atoms with Crippen molar-refractivity contribution in [1.82, 2.24) is 14.9 Å². The highest BCUT2D eigenvalue weighted by Crippen LogP contribution is 2.33. The van der Waals surface area contributed by atoms with Gasteiger partial charge in [-0.15, -0.1) is 0 Å². The van der Waals surface area contributed by atoms with Crippen LogP contribution >= 0.6 is 0 Å². The van der Waals surface area contributed by atoms with Crippen molar-refractivity contribution in [3.8, 4) is 0 Å². The average Bonchev–Trinajstić information content (AvgIpc) is 2.59. The van der Waals surface area contributed by atoms with Crippen LogP contribution in [0.3, 0.4) is 0 Å². The molecular weight excluding hydrogens is 327 g/mol. The number of halogens is 3. The first-order valence-corrected chi connectivity index (χ1v) is 8.12. The number of fused-ring (bicyclic) bond motifs is 2. The summed E-state index contributed by atoms with van der Waals surface area (Å²) in [5.74, 6) is 0. The minimum atomic E-state index is -4.33. The topological polar surface area (TPSA) is 29.0 Å². The normalized spacial score (nSPS) is 15.3. The Hall–Kier alpha value is -2.47. The van der Waals surface area contributed by atoms with Crippen molar-refractivity contribution >= 4 is 11.0 Å². The Morgan fingerprint density at radius 2 is 1.92 bits per heavy atom. The maximum Gasteiger partial charge on any atom is 0.416 e. The minimum Gasteiger partial charge on any atom is -0.294 e. The highest BCUT2D eigenvalue weighted by Gasteiger charge is 2.33. The van der Waals surface area contributed by atoms with Gasteiger partial charge in [-0.05, 0) is 35.4 Å². The van der Waals surface area contributed by atoms with Crippen LogP contribution < -0.4 is 0 Å². The molecule has 0 fully saturated rings. The highest BCUT2D eigenvalue weighted by atomic mass is 19.4. The second-order valence-corrected chi connectivity index (χ2v) is 6.26. The molecule has 0 spiro atoms. The van der Waals surface area contributed by atoms with Gasteiger partial charge in [0.2, 0.25) is 0 Å². The standard InChI is InChI=1S/C19H16F3N3/c20-19(21,22)16-6-2-1-4-14(16)11-25-9-7-17-15(12-25)10-13-5-3-8-23-18(13)24-17/h1-6,8,10H,7,9,11-12H2. The monoisotopic (exact) mass is 343 g/mol. The molecule has 3 heterocycles. The lowest BCUT2D eigenvalue weighted by Crippen LogP contribution is -2.31. The van der Waals surface area contributed by atoms with Crippen LogP contribution in [0.4, 0.5) is 13.2 Å². The Balaban J connectivity index is 1.60. The van der Waals surface area contributed by atoms with Gasteiger partial charge < -0.3 is 0 Å². The molecule has 1 aliphatic rings. The van der Waals surface area contributed by atoms with Gasteiger partial charge in [0, 0.05) is 43.3 Å². The number of nitrogens with zero attached hydrogens (tertiary/aromatic N) is 3. The zero-order valence-corrected chi connectivity index (χ0v) is 13.4. The molecule has 0 aliphatic carbocycles. The number of rotatable bonds is 2. The SMILES string of the molecule is FC(F)(F)c1ccccc1CN1CCc2nc3ncccc3cc2C1. The molecule has 6 heteroatoms. The first kappa shape index (κ1) is 16.0. The van der Waals surface area contributed by atoms with Crippen LogP contribution in [0.1, 0.15) is 22.4 Å². The van der Waals surface area contributed by atoms with Crippen LogP contribution in [0, 0.1) is 0 Å². The molecule has 4 rings (SSSR count). The number of hydrogen-bond acceptors (Lipinski definition) is 3. The van der Waals surface area contributed by atoms with E-state index < -0.39 is 11.7 Å². The van der Waals surface area contributed by atoms with Crippen molar-refractivity contribution in [3.05, 3.63) is 71.0 Å². The van der Waals surface area contributed by atoms with Gasteiger partial charge in [0.15, 0.2) is 5.65 Å². The molecule has 128 valence electrons. The zero-order valence-electron chi connectivity index (χ0n) is 13.4. The Morgan fingerprint density at radius 1 is 1.08 bits per heavy atom. The van der Waals surface area contributed by atoms with E-state index in [2.05, 4.69) is 9.97 Å². The van der Waals surface area contributed by atoms with Crippen LogP contribution in [0.25, 0.3) is 11.0 Å². The van der Waals surface area contributed by atoms with Gasteiger partial charge in [-0.3, -0.25) is 4.90 Å². The van der Waals surface area contributed by atoms with E-state index in [9.17, 15) is 13.2 Å². The van der Waals surface area contributed by atoms with Crippen LogP contribution in [0.15, 0.2) is 48.7 Å². The van der Waals surface area contributed by atoms with E-state index in [1.807, 2.05) is 23.1 Å². The summed E-state index contributed by atoms with van der Waals surface area (Å²) in [7, 11) is 0. The number of benzene rings is 1. The largest absolute Gasteiger partial charge is 0.416 e. The predicted molar refractivity (Wildman–Crippen MR) is 88.8 cm³/mol. The third-order valence-corrected chi connectivity index (χ3v) is 4.53. The van der Waals surface area contributed by atoms with Gasteiger partial charge in [-0.1, -0.05) is 18.2 Å². The fourth-order valence-corrected chi connectivity index (χ4v) is 3.33. The summed E-state index contributed by atoms with van der Waals surface area (Å²) in [5, 5.41) is 0.957. The zero-order chi connectivity index (χ0) is 17.4. The van der Waals surface area contributed by atoms with Gasteiger partial charge in [0.05, 0.1) is 5.56 Å². The molecule has 0 atom stereocenters. The average molecular weight is 343 g/mol. The van der Waals surface area contributed by atoms with Crippen LogP contribution in [-0.2, 0) is 25.7 Å². The summed E-state index contributed by atoms with van der Waals surface area (Å²) in [4.78, 5) is 10.9. The predicted octanol–water partition coefficient (Wildman–Crippen LogP) is 4.21. The first-order valence-electron chi connectivity index (χ1n) is 8.12. The van der Waals surface area contributed by atoms with Crippen molar-refractivity contribution in [2.75, 3.05) is 6.54 Å². The fraction of sp³-hybridized carbons (Fsp3) is 0.263.